The fraction of sp³-hybridized carbons (Fsp3) is 0.400. The minimum Gasteiger partial charge on any atom is -0.451 e. The number of hydrogen-bond acceptors (Lipinski definition) is 3. The van der Waals surface area contributed by atoms with Gasteiger partial charge in [0, 0.05) is 17.5 Å². The Balaban J connectivity index is 2.11. The number of carbonyl (C=O) groups excluding carboxylic acids is 1. The molecule has 0 aliphatic heterocycles. The maximum Gasteiger partial charge on any atom is 0.287 e. The Labute approximate surface area is 112 Å². The van der Waals surface area contributed by atoms with Crippen LogP contribution in [0.1, 0.15) is 35.9 Å². The number of furan rings is 1. The predicted molar refractivity (Wildman–Crippen MR) is 74.2 cm³/mol. The lowest BCUT2D eigenvalue weighted by molar-refractivity contribution is 0.0884. The van der Waals surface area contributed by atoms with Gasteiger partial charge < -0.3 is 14.8 Å². The van der Waals surface area contributed by atoms with Crippen molar-refractivity contribution < 1.29 is 14.3 Å². The van der Waals surface area contributed by atoms with Gasteiger partial charge in [-0.05, 0) is 19.4 Å². The number of hydrogen-bond donors (Lipinski definition) is 2. The number of aliphatic hydroxyl groups excluding tert-OH is 1. The van der Waals surface area contributed by atoms with Gasteiger partial charge in [-0.15, -0.1) is 0 Å². The van der Waals surface area contributed by atoms with Crippen LogP contribution >= 0.6 is 0 Å². The van der Waals surface area contributed by atoms with Crippen molar-refractivity contribution in [2.75, 3.05) is 6.54 Å². The van der Waals surface area contributed by atoms with Gasteiger partial charge in [0.15, 0.2) is 5.76 Å². The van der Waals surface area contributed by atoms with Crippen LogP contribution in [-0.2, 0) is 0 Å². The highest BCUT2D eigenvalue weighted by molar-refractivity contribution is 5.98. The number of para-hydroxylation sites is 1. The highest BCUT2D eigenvalue weighted by atomic mass is 16.3. The van der Waals surface area contributed by atoms with E-state index in [0.717, 1.165) is 17.4 Å². The number of fused-ring (bicyclic) bond motifs is 1. The van der Waals surface area contributed by atoms with Crippen LogP contribution in [0, 0.1) is 6.92 Å². The van der Waals surface area contributed by atoms with Gasteiger partial charge in [0.1, 0.15) is 5.58 Å². The highest BCUT2D eigenvalue weighted by Gasteiger charge is 2.17. The number of aliphatic hydroxyl groups is 1. The molecule has 0 spiro atoms. The first-order chi connectivity index (χ1) is 9.13. The van der Waals surface area contributed by atoms with E-state index in [-0.39, 0.29) is 12.5 Å². The summed E-state index contributed by atoms with van der Waals surface area (Å²) in [6.45, 7) is 4.11. The molecule has 2 rings (SSSR count). The van der Waals surface area contributed by atoms with Crippen LogP contribution < -0.4 is 5.32 Å². The van der Waals surface area contributed by atoms with Crippen molar-refractivity contribution in [3.05, 3.63) is 35.6 Å². The predicted octanol–water partition coefficient (Wildman–Crippen LogP) is 2.63. The third kappa shape index (κ3) is 2.96. The summed E-state index contributed by atoms with van der Waals surface area (Å²) in [5.74, 6) is 0.0498. The fourth-order valence-corrected chi connectivity index (χ4v) is 2.12. The van der Waals surface area contributed by atoms with Gasteiger partial charge in [0.25, 0.3) is 5.91 Å². The molecule has 1 aromatic heterocycles. The average molecular weight is 261 g/mol. The zero-order valence-electron chi connectivity index (χ0n) is 11.3. The molecule has 102 valence electrons. The van der Waals surface area contributed by atoms with Gasteiger partial charge in [-0.2, -0.15) is 0 Å². The Hall–Kier alpha value is -1.81. The quantitative estimate of drug-likeness (QED) is 0.869. The lowest BCUT2D eigenvalue weighted by Crippen LogP contribution is -2.32. The van der Waals surface area contributed by atoms with Gasteiger partial charge >= 0.3 is 0 Å². The molecule has 1 atom stereocenters. The van der Waals surface area contributed by atoms with Crippen LogP contribution in [0.25, 0.3) is 11.0 Å². The minimum atomic E-state index is -0.501. The Kier molecular flexibility index (Phi) is 4.22. The lowest BCUT2D eigenvalue weighted by atomic mass is 10.1. The summed E-state index contributed by atoms with van der Waals surface area (Å²) in [4.78, 5) is 12.0. The average Bonchev–Trinajstić information content (AvgIpc) is 2.74. The first-order valence-electron chi connectivity index (χ1n) is 6.58. The summed E-state index contributed by atoms with van der Waals surface area (Å²) < 4.78 is 5.56. The Morgan fingerprint density at radius 1 is 1.42 bits per heavy atom. The van der Waals surface area contributed by atoms with E-state index < -0.39 is 6.10 Å². The molecular formula is C15H19NO3. The minimum absolute atomic E-state index is 0.253. The summed E-state index contributed by atoms with van der Waals surface area (Å²) in [6, 6.07) is 7.55. The van der Waals surface area contributed by atoms with Crippen LogP contribution in [-0.4, -0.2) is 23.7 Å². The number of carbonyl (C=O) groups is 1. The van der Waals surface area contributed by atoms with Crippen LogP contribution in [0.5, 0.6) is 0 Å². The molecule has 1 unspecified atom stereocenters. The summed E-state index contributed by atoms with van der Waals surface area (Å²) in [6.07, 6.45) is 1.07. The number of amides is 1. The molecule has 1 heterocycles. The maximum absolute atomic E-state index is 12.0. The zero-order chi connectivity index (χ0) is 13.8. The van der Waals surface area contributed by atoms with Gasteiger partial charge in [-0.1, -0.05) is 31.5 Å². The first-order valence-corrected chi connectivity index (χ1v) is 6.58. The van der Waals surface area contributed by atoms with Crippen molar-refractivity contribution in [1.82, 2.24) is 5.32 Å². The third-order valence-corrected chi connectivity index (χ3v) is 3.17. The summed E-state index contributed by atoms with van der Waals surface area (Å²) >= 11 is 0. The molecular weight excluding hydrogens is 242 g/mol. The van der Waals surface area contributed by atoms with Gasteiger partial charge in [-0.3, -0.25) is 4.79 Å². The van der Waals surface area contributed by atoms with E-state index in [9.17, 15) is 9.90 Å². The number of aryl methyl sites for hydroxylation is 1. The monoisotopic (exact) mass is 261 g/mol. The van der Waals surface area contributed by atoms with Crippen LogP contribution in [0.4, 0.5) is 0 Å². The molecule has 19 heavy (non-hydrogen) atoms. The Bertz CT molecular complexity index is 574. The molecule has 0 bridgehead atoms. The first kappa shape index (κ1) is 13.6. The van der Waals surface area contributed by atoms with Crippen LogP contribution in [0.15, 0.2) is 28.7 Å². The zero-order valence-corrected chi connectivity index (χ0v) is 11.3. The van der Waals surface area contributed by atoms with Crippen molar-refractivity contribution in [3.8, 4) is 0 Å². The van der Waals surface area contributed by atoms with Gasteiger partial charge in [0.2, 0.25) is 0 Å². The van der Waals surface area contributed by atoms with Crippen molar-refractivity contribution in [3.63, 3.8) is 0 Å². The number of benzene rings is 1. The third-order valence-electron chi connectivity index (χ3n) is 3.17. The number of nitrogens with one attached hydrogen (secondary N) is 1. The summed E-state index contributed by atoms with van der Waals surface area (Å²) in [5.41, 5.74) is 1.54. The molecule has 4 nitrogen and oxygen atoms in total. The standard InChI is InChI=1S/C15H19NO3/c1-3-6-11(17)9-16-15(18)14-10(2)12-7-4-5-8-13(12)19-14/h4-5,7-8,11,17H,3,6,9H2,1-2H3,(H,16,18). The molecule has 0 fully saturated rings. The van der Waals surface area contributed by atoms with Crippen LogP contribution in [0.2, 0.25) is 0 Å². The smallest absolute Gasteiger partial charge is 0.287 e. The molecule has 0 saturated heterocycles. The van der Waals surface area contributed by atoms with E-state index in [2.05, 4.69) is 5.32 Å². The van der Waals surface area contributed by atoms with E-state index in [1.807, 2.05) is 38.1 Å². The van der Waals surface area contributed by atoms with Crippen molar-refractivity contribution in [1.29, 1.82) is 0 Å². The van der Waals surface area contributed by atoms with E-state index in [1.165, 1.54) is 0 Å². The van der Waals surface area contributed by atoms with E-state index in [4.69, 9.17) is 4.42 Å². The van der Waals surface area contributed by atoms with Gasteiger partial charge in [-0.25, -0.2) is 0 Å². The van der Waals surface area contributed by atoms with Crippen LogP contribution in [0.3, 0.4) is 0 Å². The molecule has 4 heteroatoms. The lowest BCUT2D eigenvalue weighted by Gasteiger charge is -2.09. The topological polar surface area (TPSA) is 62.5 Å². The SMILES string of the molecule is CCCC(O)CNC(=O)c1oc2ccccc2c1C. The molecule has 0 aliphatic carbocycles. The maximum atomic E-state index is 12.0. The highest BCUT2D eigenvalue weighted by Crippen LogP contribution is 2.24. The number of rotatable bonds is 5. The molecule has 0 aliphatic rings. The van der Waals surface area contributed by atoms with Crippen molar-refractivity contribution in [2.24, 2.45) is 0 Å². The Morgan fingerprint density at radius 3 is 2.84 bits per heavy atom. The molecule has 0 radical (unpaired) electrons. The van der Waals surface area contributed by atoms with E-state index in [0.29, 0.717) is 17.8 Å². The van der Waals surface area contributed by atoms with Gasteiger partial charge in [0.05, 0.1) is 6.10 Å². The van der Waals surface area contributed by atoms with Crippen molar-refractivity contribution >= 4 is 16.9 Å². The largest absolute Gasteiger partial charge is 0.451 e. The molecule has 1 aromatic carbocycles. The normalized spacial score (nSPS) is 12.6. The molecule has 0 saturated carbocycles. The summed E-state index contributed by atoms with van der Waals surface area (Å²) in [5, 5.41) is 13.3. The van der Waals surface area contributed by atoms with E-state index >= 15 is 0 Å². The molecule has 1 amide bonds. The van der Waals surface area contributed by atoms with E-state index in [1.54, 1.807) is 0 Å². The summed E-state index contributed by atoms with van der Waals surface area (Å²) in [7, 11) is 0. The fourth-order valence-electron chi connectivity index (χ4n) is 2.12. The second-order valence-electron chi connectivity index (χ2n) is 4.70. The Morgan fingerprint density at radius 2 is 2.16 bits per heavy atom. The second-order valence-corrected chi connectivity index (χ2v) is 4.70. The molecule has 2 aromatic rings. The molecule has 2 N–H and O–H groups in total. The second kappa shape index (κ2) is 5.89. The van der Waals surface area contributed by atoms with Crippen molar-refractivity contribution in [2.45, 2.75) is 32.8 Å².